The van der Waals surface area contributed by atoms with Crippen molar-refractivity contribution in [2.75, 3.05) is 12.8 Å². The molecule has 2 aromatic rings. The van der Waals surface area contributed by atoms with Gasteiger partial charge in [0.25, 0.3) is 0 Å². The van der Waals surface area contributed by atoms with E-state index < -0.39 is 0 Å². The number of halogens is 1. The molecule has 0 unspecified atom stereocenters. The number of nitrogens with two attached hydrogens (primary N) is 1. The lowest BCUT2D eigenvalue weighted by Crippen LogP contribution is -1.95. The summed E-state index contributed by atoms with van der Waals surface area (Å²) in [6, 6.07) is 7.76. The average Bonchev–Trinajstić information content (AvgIpc) is 2.32. The second kappa shape index (κ2) is 4.18. The molecule has 0 spiro atoms. The van der Waals surface area contributed by atoms with Crippen LogP contribution in [0.4, 0.5) is 10.1 Å². The zero-order valence-electron chi connectivity index (χ0n) is 8.77. The lowest BCUT2D eigenvalue weighted by atomic mass is 10.1. The van der Waals surface area contributed by atoms with Crippen molar-refractivity contribution >= 4 is 5.69 Å². The van der Waals surface area contributed by atoms with Gasteiger partial charge in [-0.1, -0.05) is 0 Å². The average molecular weight is 218 g/mol. The van der Waals surface area contributed by atoms with Crippen LogP contribution in [0.1, 0.15) is 0 Å². The molecule has 1 heterocycles. The Labute approximate surface area is 92.7 Å². The fraction of sp³-hybridized carbons (Fsp3) is 0.0833. The van der Waals surface area contributed by atoms with Crippen LogP contribution in [0, 0.1) is 5.82 Å². The highest BCUT2D eigenvalue weighted by Gasteiger charge is 2.10. The molecular formula is C12H11FN2O. The van der Waals surface area contributed by atoms with Crippen LogP contribution in [0.5, 0.6) is 5.88 Å². The first-order valence-electron chi connectivity index (χ1n) is 4.77. The molecule has 0 aliphatic heterocycles. The Morgan fingerprint density at radius 1 is 1.25 bits per heavy atom. The van der Waals surface area contributed by atoms with Gasteiger partial charge in [0.2, 0.25) is 5.88 Å². The number of pyridine rings is 1. The number of aromatic nitrogens is 1. The predicted molar refractivity (Wildman–Crippen MR) is 60.6 cm³/mol. The molecule has 0 saturated heterocycles. The van der Waals surface area contributed by atoms with Gasteiger partial charge >= 0.3 is 0 Å². The first-order valence-corrected chi connectivity index (χ1v) is 4.77. The molecule has 0 aliphatic carbocycles. The number of rotatable bonds is 2. The minimum Gasteiger partial charge on any atom is -0.481 e. The topological polar surface area (TPSA) is 48.1 Å². The zero-order valence-corrected chi connectivity index (χ0v) is 8.77. The molecule has 16 heavy (non-hydrogen) atoms. The molecule has 4 heteroatoms. The number of hydrogen-bond donors (Lipinski definition) is 1. The van der Waals surface area contributed by atoms with Gasteiger partial charge < -0.3 is 10.5 Å². The van der Waals surface area contributed by atoms with E-state index in [2.05, 4.69) is 4.98 Å². The summed E-state index contributed by atoms with van der Waals surface area (Å²) < 4.78 is 18.3. The van der Waals surface area contributed by atoms with Gasteiger partial charge in [-0.05, 0) is 30.3 Å². The van der Waals surface area contributed by atoms with Crippen molar-refractivity contribution in [2.24, 2.45) is 0 Å². The Bertz CT molecular complexity index is 514. The van der Waals surface area contributed by atoms with Gasteiger partial charge in [0.15, 0.2) is 0 Å². The molecule has 3 nitrogen and oxygen atoms in total. The fourth-order valence-corrected chi connectivity index (χ4v) is 1.52. The van der Waals surface area contributed by atoms with E-state index in [4.69, 9.17) is 10.5 Å². The molecule has 0 atom stereocenters. The Morgan fingerprint density at radius 2 is 2.06 bits per heavy atom. The largest absolute Gasteiger partial charge is 0.481 e. The maximum absolute atomic E-state index is 13.2. The first kappa shape index (κ1) is 10.4. The number of methoxy groups -OCH3 is 1. The third-order valence-corrected chi connectivity index (χ3v) is 2.27. The van der Waals surface area contributed by atoms with Gasteiger partial charge in [-0.15, -0.1) is 0 Å². The summed E-state index contributed by atoms with van der Waals surface area (Å²) in [6.07, 6.45) is 1.61. The predicted octanol–water partition coefficient (Wildman–Crippen LogP) is 2.48. The van der Waals surface area contributed by atoms with Crippen LogP contribution < -0.4 is 10.5 Å². The summed E-state index contributed by atoms with van der Waals surface area (Å²) in [7, 11) is 1.52. The van der Waals surface area contributed by atoms with Gasteiger partial charge in [-0.2, -0.15) is 0 Å². The maximum Gasteiger partial charge on any atom is 0.221 e. The molecule has 2 rings (SSSR count). The summed E-state index contributed by atoms with van der Waals surface area (Å²) >= 11 is 0. The number of nitrogen functional groups attached to an aromatic ring is 1. The van der Waals surface area contributed by atoms with Crippen LogP contribution in [-0.2, 0) is 0 Å². The molecule has 82 valence electrons. The molecule has 1 aromatic heterocycles. The lowest BCUT2D eigenvalue weighted by Gasteiger charge is -2.09. The van der Waals surface area contributed by atoms with Gasteiger partial charge in [-0.25, -0.2) is 9.37 Å². The smallest absolute Gasteiger partial charge is 0.221 e. The molecule has 0 amide bonds. The minimum atomic E-state index is -0.338. The maximum atomic E-state index is 13.2. The summed E-state index contributed by atoms with van der Waals surface area (Å²) in [5.41, 5.74) is 7.56. The Balaban J connectivity index is 2.62. The highest BCUT2D eigenvalue weighted by atomic mass is 19.1. The lowest BCUT2D eigenvalue weighted by molar-refractivity contribution is 0.399. The number of ether oxygens (including phenoxy) is 1. The molecule has 2 N–H and O–H groups in total. The van der Waals surface area contributed by atoms with Crippen molar-refractivity contribution in [2.45, 2.75) is 0 Å². The summed E-state index contributed by atoms with van der Waals surface area (Å²) in [5, 5.41) is 0. The Hall–Kier alpha value is -2.10. The van der Waals surface area contributed by atoms with Crippen molar-refractivity contribution in [1.29, 1.82) is 0 Å². The van der Waals surface area contributed by atoms with E-state index in [0.29, 0.717) is 22.7 Å². The number of hydrogen-bond acceptors (Lipinski definition) is 3. The Kier molecular flexibility index (Phi) is 2.72. The summed E-state index contributed by atoms with van der Waals surface area (Å²) in [6.45, 7) is 0. The third kappa shape index (κ3) is 1.82. The van der Waals surface area contributed by atoms with E-state index in [-0.39, 0.29) is 5.82 Å². The third-order valence-electron chi connectivity index (χ3n) is 2.27. The zero-order chi connectivity index (χ0) is 11.5. The van der Waals surface area contributed by atoms with Gasteiger partial charge in [-0.3, -0.25) is 0 Å². The first-order chi connectivity index (χ1) is 7.72. The standard InChI is InChI=1S/C12H11FN2O/c1-16-12-9(3-2-6-15-12)10-7-8(13)4-5-11(10)14/h2-7H,14H2,1H3. The van der Waals surface area contributed by atoms with E-state index in [1.54, 1.807) is 18.3 Å². The van der Waals surface area contributed by atoms with Crippen LogP contribution in [-0.4, -0.2) is 12.1 Å². The van der Waals surface area contributed by atoms with E-state index in [0.717, 1.165) is 0 Å². The molecule has 0 bridgehead atoms. The molecule has 0 saturated carbocycles. The van der Waals surface area contributed by atoms with E-state index in [1.807, 2.05) is 0 Å². The van der Waals surface area contributed by atoms with Gasteiger partial charge in [0.1, 0.15) is 5.82 Å². The van der Waals surface area contributed by atoms with Crippen LogP contribution in [0.3, 0.4) is 0 Å². The van der Waals surface area contributed by atoms with Crippen molar-refractivity contribution in [3.63, 3.8) is 0 Å². The highest BCUT2D eigenvalue weighted by molar-refractivity contribution is 5.79. The van der Waals surface area contributed by atoms with Crippen LogP contribution >= 0.6 is 0 Å². The molecule has 0 aliphatic rings. The van der Waals surface area contributed by atoms with E-state index >= 15 is 0 Å². The van der Waals surface area contributed by atoms with Gasteiger partial charge in [0, 0.05) is 23.0 Å². The van der Waals surface area contributed by atoms with Crippen molar-refractivity contribution in [1.82, 2.24) is 4.98 Å². The van der Waals surface area contributed by atoms with Crippen molar-refractivity contribution in [3.8, 4) is 17.0 Å². The van der Waals surface area contributed by atoms with E-state index in [9.17, 15) is 4.39 Å². The second-order valence-electron chi connectivity index (χ2n) is 3.29. The quantitative estimate of drug-likeness (QED) is 0.788. The van der Waals surface area contributed by atoms with E-state index in [1.165, 1.54) is 25.3 Å². The number of anilines is 1. The number of benzene rings is 1. The fourth-order valence-electron chi connectivity index (χ4n) is 1.52. The van der Waals surface area contributed by atoms with Crippen LogP contribution in [0.15, 0.2) is 36.5 Å². The molecule has 0 radical (unpaired) electrons. The molecular weight excluding hydrogens is 207 g/mol. The second-order valence-corrected chi connectivity index (χ2v) is 3.29. The monoisotopic (exact) mass is 218 g/mol. The van der Waals surface area contributed by atoms with Crippen LogP contribution in [0.2, 0.25) is 0 Å². The van der Waals surface area contributed by atoms with Crippen molar-refractivity contribution in [3.05, 3.63) is 42.3 Å². The summed E-state index contributed by atoms with van der Waals surface area (Å²) in [4.78, 5) is 4.04. The Morgan fingerprint density at radius 3 is 2.81 bits per heavy atom. The number of nitrogens with zero attached hydrogens (tertiary/aromatic N) is 1. The van der Waals surface area contributed by atoms with Gasteiger partial charge in [0.05, 0.1) is 7.11 Å². The minimum absolute atomic E-state index is 0.338. The molecule has 0 fully saturated rings. The molecule has 1 aromatic carbocycles. The summed E-state index contributed by atoms with van der Waals surface area (Å²) in [5.74, 6) is 0.0925. The van der Waals surface area contributed by atoms with Crippen LogP contribution in [0.25, 0.3) is 11.1 Å². The normalized spacial score (nSPS) is 10.1. The van der Waals surface area contributed by atoms with Crippen molar-refractivity contribution < 1.29 is 9.13 Å². The SMILES string of the molecule is COc1ncccc1-c1cc(F)ccc1N. The highest BCUT2D eigenvalue weighted by Crippen LogP contribution is 2.32.